The smallest absolute Gasteiger partial charge is 0.316 e. The van der Waals surface area contributed by atoms with Gasteiger partial charge in [0.1, 0.15) is 0 Å². The molecule has 1 aromatic rings. The normalized spacial score (nSPS) is 12.5. The van der Waals surface area contributed by atoms with E-state index >= 15 is 0 Å². The van der Waals surface area contributed by atoms with E-state index in [-0.39, 0.29) is 34.5 Å². The first kappa shape index (κ1) is 18.3. The van der Waals surface area contributed by atoms with Crippen molar-refractivity contribution in [2.24, 2.45) is 5.92 Å². The molecule has 0 fully saturated rings. The lowest BCUT2D eigenvalue weighted by atomic mass is 10.1. The number of terminal acetylenes is 1. The number of nitrogens with one attached hydrogen (secondary N) is 2. The second kappa shape index (κ2) is 7.52. The van der Waals surface area contributed by atoms with Gasteiger partial charge in [0.15, 0.2) is 9.84 Å². The highest BCUT2D eigenvalue weighted by Crippen LogP contribution is 2.22. The van der Waals surface area contributed by atoms with Crippen LogP contribution in [0.25, 0.3) is 0 Å². The molecule has 0 heterocycles. The topological polar surface area (TPSA) is 75.3 Å². The van der Waals surface area contributed by atoms with Crippen molar-refractivity contribution in [2.45, 2.75) is 31.3 Å². The van der Waals surface area contributed by atoms with Crippen molar-refractivity contribution in [3.63, 3.8) is 0 Å². The molecule has 0 unspecified atom stereocenters. The number of carbonyl (C=O) groups is 1. The van der Waals surface area contributed by atoms with E-state index in [2.05, 4.69) is 16.6 Å². The third-order valence-corrected chi connectivity index (χ3v) is 4.56. The summed E-state index contributed by atoms with van der Waals surface area (Å²) < 4.78 is 22.9. The van der Waals surface area contributed by atoms with Crippen LogP contribution in [0.4, 0.5) is 4.79 Å². The molecule has 0 aliphatic heterocycles. The van der Waals surface area contributed by atoms with Crippen LogP contribution in [0.2, 0.25) is 5.02 Å². The van der Waals surface area contributed by atoms with Gasteiger partial charge in [-0.2, -0.15) is 0 Å². The summed E-state index contributed by atoms with van der Waals surface area (Å²) in [5.41, 5.74) is 0.689. The first-order valence-corrected chi connectivity index (χ1v) is 8.91. The van der Waals surface area contributed by atoms with Crippen molar-refractivity contribution in [2.75, 3.05) is 6.26 Å². The van der Waals surface area contributed by atoms with Gasteiger partial charge in [-0.3, -0.25) is 0 Å². The van der Waals surface area contributed by atoms with Crippen LogP contribution in [0.5, 0.6) is 0 Å². The summed E-state index contributed by atoms with van der Waals surface area (Å²) in [5.74, 6) is 2.63. The fraction of sp³-hybridized carbons (Fsp3) is 0.400. The molecule has 0 aliphatic rings. The van der Waals surface area contributed by atoms with Crippen molar-refractivity contribution in [1.82, 2.24) is 10.6 Å². The highest BCUT2D eigenvalue weighted by Gasteiger charge is 2.14. The van der Waals surface area contributed by atoms with Gasteiger partial charge < -0.3 is 10.6 Å². The summed E-state index contributed by atoms with van der Waals surface area (Å²) in [7, 11) is -3.36. The van der Waals surface area contributed by atoms with Gasteiger partial charge >= 0.3 is 6.03 Å². The van der Waals surface area contributed by atoms with Gasteiger partial charge in [-0.15, -0.1) is 6.42 Å². The maximum atomic E-state index is 11.8. The van der Waals surface area contributed by atoms with Crippen molar-refractivity contribution < 1.29 is 13.2 Å². The monoisotopic (exact) mass is 342 g/mol. The van der Waals surface area contributed by atoms with Gasteiger partial charge in [0.2, 0.25) is 0 Å². The molecule has 0 aliphatic carbocycles. The molecule has 1 aromatic carbocycles. The number of hydrogen-bond acceptors (Lipinski definition) is 3. The number of carbonyl (C=O) groups excluding carboxylic acids is 1. The number of urea groups is 1. The molecule has 22 heavy (non-hydrogen) atoms. The van der Waals surface area contributed by atoms with E-state index < -0.39 is 9.84 Å². The van der Waals surface area contributed by atoms with Gasteiger partial charge in [0.25, 0.3) is 0 Å². The molecule has 7 heteroatoms. The first-order valence-electron chi connectivity index (χ1n) is 6.64. The third-order valence-electron chi connectivity index (χ3n) is 2.98. The van der Waals surface area contributed by atoms with Crippen molar-refractivity contribution in [3.05, 3.63) is 28.8 Å². The summed E-state index contributed by atoms with van der Waals surface area (Å²) in [6, 6.07) is 3.80. The van der Waals surface area contributed by atoms with Gasteiger partial charge in [-0.1, -0.05) is 37.4 Å². The van der Waals surface area contributed by atoms with E-state index in [0.29, 0.717) is 5.56 Å². The van der Waals surface area contributed by atoms with Gasteiger partial charge in [-0.25, -0.2) is 13.2 Å². The number of rotatable bonds is 5. The molecule has 1 rings (SSSR count). The zero-order valence-electron chi connectivity index (χ0n) is 12.7. The molecular weight excluding hydrogens is 324 g/mol. The predicted molar refractivity (Wildman–Crippen MR) is 87.4 cm³/mol. The molecule has 120 valence electrons. The Morgan fingerprint density at radius 1 is 1.41 bits per heavy atom. The van der Waals surface area contributed by atoms with E-state index in [9.17, 15) is 13.2 Å². The highest BCUT2D eigenvalue weighted by molar-refractivity contribution is 7.90. The molecular formula is C15H19ClN2O3S. The molecule has 0 radical (unpaired) electrons. The fourth-order valence-electron chi connectivity index (χ4n) is 1.73. The molecule has 0 aromatic heterocycles. The van der Waals surface area contributed by atoms with E-state index in [1.807, 2.05) is 13.8 Å². The Hall–Kier alpha value is -1.71. The second-order valence-electron chi connectivity index (χ2n) is 5.25. The quantitative estimate of drug-likeness (QED) is 0.805. The minimum atomic E-state index is -3.36. The average Bonchev–Trinajstić information content (AvgIpc) is 2.40. The molecule has 5 nitrogen and oxygen atoms in total. The van der Waals surface area contributed by atoms with Crippen molar-refractivity contribution in [3.8, 4) is 12.3 Å². The molecule has 1 atom stereocenters. The lowest BCUT2D eigenvalue weighted by Gasteiger charge is -2.17. The Bertz CT molecular complexity index is 693. The summed E-state index contributed by atoms with van der Waals surface area (Å²) in [6.07, 6.45) is 6.43. The Labute approximate surface area is 136 Å². The minimum absolute atomic E-state index is 0.0644. The van der Waals surface area contributed by atoms with Crippen LogP contribution in [0.1, 0.15) is 19.4 Å². The van der Waals surface area contributed by atoms with Crippen LogP contribution in [-0.4, -0.2) is 26.7 Å². The fourth-order valence-corrected chi connectivity index (χ4v) is 3.08. The standard InChI is InChI=1S/C15H19ClN2O3S/c1-5-13(10(2)3)18-15(19)17-9-11-6-7-14(12(16)8-11)22(4,20)21/h1,6-8,10,13H,9H2,2-4H3,(H2,17,18,19)/t13-/m1/s1. The highest BCUT2D eigenvalue weighted by atomic mass is 35.5. The van der Waals surface area contributed by atoms with E-state index in [1.54, 1.807) is 6.07 Å². The predicted octanol–water partition coefficient (Wildman–Crippen LogP) is 2.20. The number of sulfone groups is 1. The summed E-state index contributed by atoms with van der Waals surface area (Å²) >= 11 is 5.94. The molecule has 0 bridgehead atoms. The molecule has 2 N–H and O–H groups in total. The van der Waals surface area contributed by atoms with Crippen LogP contribution in [-0.2, 0) is 16.4 Å². The Kier molecular flexibility index (Phi) is 6.27. The zero-order chi connectivity index (χ0) is 16.9. The second-order valence-corrected chi connectivity index (χ2v) is 7.64. The molecule has 0 saturated heterocycles. The summed E-state index contributed by atoms with van der Waals surface area (Å²) in [4.78, 5) is 11.8. The Morgan fingerprint density at radius 3 is 2.50 bits per heavy atom. The first-order chi connectivity index (χ1) is 10.1. The van der Waals surface area contributed by atoms with Crippen molar-refractivity contribution in [1.29, 1.82) is 0 Å². The van der Waals surface area contributed by atoms with Crippen LogP contribution in [0.3, 0.4) is 0 Å². The van der Waals surface area contributed by atoms with Gasteiger partial charge in [-0.05, 0) is 23.6 Å². The average molecular weight is 343 g/mol. The van der Waals surface area contributed by atoms with E-state index in [0.717, 1.165) is 6.26 Å². The van der Waals surface area contributed by atoms with Crippen LogP contribution in [0, 0.1) is 18.3 Å². The molecule has 0 spiro atoms. The van der Waals surface area contributed by atoms with Crippen LogP contribution >= 0.6 is 11.6 Å². The number of halogens is 1. The van der Waals surface area contributed by atoms with Crippen molar-refractivity contribution >= 4 is 27.5 Å². The van der Waals surface area contributed by atoms with Gasteiger partial charge in [0.05, 0.1) is 16.0 Å². The zero-order valence-corrected chi connectivity index (χ0v) is 14.3. The Balaban J connectivity index is 2.68. The Morgan fingerprint density at radius 2 is 2.05 bits per heavy atom. The maximum Gasteiger partial charge on any atom is 0.316 e. The maximum absolute atomic E-state index is 11.8. The van der Waals surface area contributed by atoms with E-state index in [1.165, 1.54) is 12.1 Å². The minimum Gasteiger partial charge on any atom is -0.334 e. The molecule has 0 saturated carbocycles. The van der Waals surface area contributed by atoms with Crippen LogP contribution in [0.15, 0.2) is 23.1 Å². The lowest BCUT2D eigenvalue weighted by molar-refractivity contribution is 0.236. The number of hydrogen-bond donors (Lipinski definition) is 2. The number of amides is 2. The van der Waals surface area contributed by atoms with Crippen LogP contribution < -0.4 is 10.6 Å². The van der Waals surface area contributed by atoms with Gasteiger partial charge in [0, 0.05) is 12.8 Å². The summed E-state index contributed by atoms with van der Waals surface area (Å²) in [5, 5.41) is 5.45. The lowest BCUT2D eigenvalue weighted by Crippen LogP contribution is -2.43. The van der Waals surface area contributed by atoms with E-state index in [4.69, 9.17) is 18.0 Å². The largest absolute Gasteiger partial charge is 0.334 e. The summed E-state index contributed by atoms with van der Waals surface area (Å²) in [6.45, 7) is 4.04. The SMILES string of the molecule is C#C[C@@H](NC(=O)NCc1ccc(S(C)(=O)=O)c(Cl)c1)C(C)C. The third kappa shape index (κ3) is 5.24. The molecule has 2 amide bonds. The number of benzene rings is 1.